The van der Waals surface area contributed by atoms with Gasteiger partial charge in [-0.2, -0.15) is 0 Å². The first-order chi connectivity index (χ1) is 11.2. The molecule has 1 aromatic carbocycles. The average molecular weight is 331 g/mol. The number of aromatic nitrogens is 2. The van der Waals surface area contributed by atoms with Crippen LogP contribution in [0.1, 0.15) is 20.8 Å². The van der Waals surface area contributed by atoms with Crippen LogP contribution >= 0.6 is 0 Å². The van der Waals surface area contributed by atoms with Gasteiger partial charge in [-0.25, -0.2) is 14.6 Å². The summed E-state index contributed by atoms with van der Waals surface area (Å²) in [6.45, 7) is 5.19. The van der Waals surface area contributed by atoms with Crippen molar-refractivity contribution in [2.45, 2.75) is 39.0 Å². The van der Waals surface area contributed by atoms with Crippen molar-refractivity contribution in [3.05, 3.63) is 42.9 Å². The number of imidazole rings is 1. The van der Waals surface area contributed by atoms with Crippen LogP contribution in [0.15, 0.2) is 42.9 Å². The second-order valence-electron chi connectivity index (χ2n) is 6.36. The van der Waals surface area contributed by atoms with E-state index in [1.165, 1.54) is 6.33 Å². The summed E-state index contributed by atoms with van der Waals surface area (Å²) in [6.07, 6.45) is 2.51. The summed E-state index contributed by atoms with van der Waals surface area (Å²) in [7, 11) is 0. The summed E-state index contributed by atoms with van der Waals surface area (Å²) in [5, 5.41) is 11.7. The topological polar surface area (TPSA) is 93.5 Å². The van der Waals surface area contributed by atoms with Crippen molar-refractivity contribution in [1.29, 1.82) is 0 Å². The summed E-state index contributed by atoms with van der Waals surface area (Å²) in [5.74, 6) is -1.14. The van der Waals surface area contributed by atoms with Crippen LogP contribution in [0, 0.1) is 0 Å². The number of ether oxygens (including phenoxy) is 1. The number of hydrogen-bond acceptors (Lipinski definition) is 4. The molecule has 0 unspecified atom stereocenters. The van der Waals surface area contributed by atoms with Crippen LogP contribution in [0.3, 0.4) is 0 Å². The van der Waals surface area contributed by atoms with Crippen LogP contribution in [0.2, 0.25) is 0 Å². The summed E-state index contributed by atoms with van der Waals surface area (Å²) < 4.78 is 6.72. The number of carboxylic acid groups (broad SMARTS) is 1. The first-order valence-corrected chi connectivity index (χ1v) is 7.54. The number of carbonyl (C=O) groups is 2. The number of carbonyl (C=O) groups excluding carboxylic acids is 1. The summed E-state index contributed by atoms with van der Waals surface area (Å²) >= 11 is 0. The SMILES string of the molecule is CC(C)(C)OC(=O)N[C@@H](Cn1cnc(-c2ccccc2)c1)C(=O)O. The lowest BCUT2D eigenvalue weighted by atomic mass is 10.2. The first-order valence-electron chi connectivity index (χ1n) is 7.54. The predicted octanol–water partition coefficient (Wildman–Crippen LogP) is 2.53. The monoisotopic (exact) mass is 331 g/mol. The number of rotatable bonds is 5. The maximum absolute atomic E-state index is 11.8. The van der Waals surface area contributed by atoms with Crippen molar-refractivity contribution >= 4 is 12.1 Å². The standard InChI is InChI=1S/C17H21N3O4/c1-17(2,3)24-16(23)19-14(15(21)22)10-20-9-13(18-11-20)12-7-5-4-6-8-12/h4-9,11,14H,10H2,1-3H3,(H,19,23)(H,21,22)/t14-/m0/s1. The molecule has 2 aromatic rings. The maximum atomic E-state index is 11.8. The highest BCUT2D eigenvalue weighted by atomic mass is 16.6. The van der Waals surface area contributed by atoms with Gasteiger partial charge in [-0.05, 0) is 20.8 Å². The van der Waals surface area contributed by atoms with Gasteiger partial charge in [0, 0.05) is 11.8 Å². The Morgan fingerprint density at radius 2 is 1.96 bits per heavy atom. The van der Waals surface area contributed by atoms with Gasteiger partial charge in [-0.1, -0.05) is 30.3 Å². The Balaban J connectivity index is 2.05. The van der Waals surface area contributed by atoms with E-state index in [0.29, 0.717) is 0 Å². The molecule has 0 radical (unpaired) electrons. The average Bonchev–Trinajstić information content (AvgIpc) is 2.94. The van der Waals surface area contributed by atoms with Crippen molar-refractivity contribution in [2.24, 2.45) is 0 Å². The van der Waals surface area contributed by atoms with E-state index in [4.69, 9.17) is 4.74 Å². The fourth-order valence-electron chi connectivity index (χ4n) is 2.06. The Kier molecular flexibility index (Phi) is 5.23. The first kappa shape index (κ1) is 17.5. The number of aliphatic carboxylic acids is 1. The van der Waals surface area contributed by atoms with Crippen LogP contribution in [-0.2, 0) is 16.1 Å². The molecule has 0 saturated carbocycles. The molecule has 1 aromatic heterocycles. The largest absolute Gasteiger partial charge is 0.480 e. The zero-order valence-electron chi connectivity index (χ0n) is 13.9. The number of alkyl carbamates (subject to hydrolysis) is 1. The van der Waals surface area contributed by atoms with Crippen LogP contribution in [0.4, 0.5) is 4.79 Å². The molecule has 0 aliphatic carbocycles. The Hall–Kier alpha value is -2.83. The fourth-order valence-corrected chi connectivity index (χ4v) is 2.06. The van der Waals surface area contributed by atoms with Crippen molar-refractivity contribution in [3.8, 4) is 11.3 Å². The molecule has 0 spiro atoms. The van der Waals surface area contributed by atoms with Crippen molar-refractivity contribution in [1.82, 2.24) is 14.9 Å². The molecule has 0 bridgehead atoms. The van der Waals surface area contributed by atoms with Crippen molar-refractivity contribution in [3.63, 3.8) is 0 Å². The summed E-state index contributed by atoms with van der Waals surface area (Å²) in [4.78, 5) is 27.4. The van der Waals surface area contributed by atoms with E-state index >= 15 is 0 Å². The molecule has 7 nitrogen and oxygen atoms in total. The highest BCUT2D eigenvalue weighted by Gasteiger charge is 2.24. The van der Waals surface area contributed by atoms with E-state index in [0.717, 1.165) is 11.3 Å². The molecule has 2 rings (SSSR count). The minimum atomic E-state index is -1.14. The van der Waals surface area contributed by atoms with Gasteiger partial charge in [-0.15, -0.1) is 0 Å². The number of amides is 1. The molecule has 0 aliphatic heterocycles. The van der Waals surface area contributed by atoms with E-state index in [-0.39, 0.29) is 6.54 Å². The van der Waals surface area contributed by atoms with Gasteiger partial charge in [-0.3, -0.25) is 0 Å². The molecule has 1 heterocycles. The molecule has 24 heavy (non-hydrogen) atoms. The Morgan fingerprint density at radius 3 is 2.54 bits per heavy atom. The summed E-state index contributed by atoms with van der Waals surface area (Å²) in [6, 6.07) is 8.43. The lowest BCUT2D eigenvalue weighted by Crippen LogP contribution is -2.45. The molecule has 1 atom stereocenters. The molecule has 0 saturated heterocycles. The third-order valence-electron chi connectivity index (χ3n) is 3.09. The Morgan fingerprint density at radius 1 is 1.29 bits per heavy atom. The molecule has 2 N–H and O–H groups in total. The second kappa shape index (κ2) is 7.16. The van der Waals surface area contributed by atoms with Gasteiger partial charge < -0.3 is 19.7 Å². The van der Waals surface area contributed by atoms with Gasteiger partial charge in [0.25, 0.3) is 0 Å². The molecular formula is C17H21N3O4. The highest BCUT2D eigenvalue weighted by Crippen LogP contribution is 2.16. The third-order valence-corrected chi connectivity index (χ3v) is 3.09. The molecular weight excluding hydrogens is 310 g/mol. The number of hydrogen-bond donors (Lipinski definition) is 2. The van der Waals surface area contributed by atoms with Crippen LogP contribution in [0.25, 0.3) is 11.3 Å². The number of carboxylic acids is 1. The lowest BCUT2D eigenvalue weighted by molar-refractivity contribution is -0.139. The smallest absolute Gasteiger partial charge is 0.408 e. The van der Waals surface area contributed by atoms with E-state index in [2.05, 4.69) is 10.3 Å². The van der Waals surface area contributed by atoms with Gasteiger partial charge in [0.15, 0.2) is 0 Å². The number of nitrogens with zero attached hydrogens (tertiary/aromatic N) is 2. The molecule has 0 fully saturated rings. The van der Waals surface area contributed by atoms with E-state index < -0.39 is 23.7 Å². The Bertz CT molecular complexity index is 704. The lowest BCUT2D eigenvalue weighted by Gasteiger charge is -2.22. The van der Waals surface area contributed by atoms with Crippen LogP contribution in [-0.4, -0.2) is 38.4 Å². The normalized spacial score (nSPS) is 12.5. The minimum absolute atomic E-state index is 0.0500. The highest BCUT2D eigenvalue weighted by molar-refractivity contribution is 5.80. The van der Waals surface area contributed by atoms with Crippen LogP contribution < -0.4 is 5.32 Å². The summed E-state index contributed by atoms with van der Waals surface area (Å²) in [5.41, 5.74) is 0.975. The zero-order chi connectivity index (χ0) is 17.7. The molecule has 1 amide bonds. The molecule has 7 heteroatoms. The predicted molar refractivity (Wildman–Crippen MR) is 88.5 cm³/mol. The Labute approximate surface area is 140 Å². The molecule has 0 aliphatic rings. The number of nitrogens with one attached hydrogen (secondary N) is 1. The van der Waals surface area contributed by atoms with Gasteiger partial charge >= 0.3 is 12.1 Å². The van der Waals surface area contributed by atoms with Crippen LogP contribution in [0.5, 0.6) is 0 Å². The van der Waals surface area contributed by atoms with Gasteiger partial charge in [0.1, 0.15) is 11.6 Å². The second-order valence-corrected chi connectivity index (χ2v) is 6.36. The molecule has 128 valence electrons. The quantitative estimate of drug-likeness (QED) is 0.878. The van der Waals surface area contributed by atoms with E-state index in [9.17, 15) is 14.7 Å². The van der Waals surface area contributed by atoms with E-state index in [1.807, 2.05) is 30.3 Å². The van der Waals surface area contributed by atoms with Gasteiger partial charge in [0.05, 0.1) is 18.6 Å². The fraction of sp³-hybridized carbons (Fsp3) is 0.353. The van der Waals surface area contributed by atoms with E-state index in [1.54, 1.807) is 31.5 Å². The third kappa shape index (κ3) is 5.12. The minimum Gasteiger partial charge on any atom is -0.480 e. The van der Waals surface area contributed by atoms with Crippen molar-refractivity contribution < 1.29 is 19.4 Å². The van der Waals surface area contributed by atoms with Crippen molar-refractivity contribution in [2.75, 3.05) is 0 Å². The zero-order valence-corrected chi connectivity index (χ0v) is 13.9. The maximum Gasteiger partial charge on any atom is 0.408 e. The van der Waals surface area contributed by atoms with Gasteiger partial charge in [0.2, 0.25) is 0 Å². The number of benzene rings is 1.